The minimum atomic E-state index is -2.84. The highest BCUT2D eigenvalue weighted by molar-refractivity contribution is 6.56. The molecule has 0 saturated carbocycles. The zero-order valence-corrected chi connectivity index (χ0v) is 19.9. The lowest BCUT2D eigenvalue weighted by Crippen LogP contribution is -2.62. The van der Waals surface area contributed by atoms with E-state index >= 15 is 0 Å². The van der Waals surface area contributed by atoms with Crippen molar-refractivity contribution in [1.29, 1.82) is 0 Å². The number of hydrogen-bond donors (Lipinski definition) is 4. The van der Waals surface area contributed by atoms with E-state index in [-0.39, 0.29) is 12.8 Å². The summed E-state index contributed by atoms with van der Waals surface area (Å²) in [5, 5.41) is 40.7. The standard InChI is InChI=1S/C15H16Cl8O4/c1-9(2,7-3-10(16,17)14(24,25)11(18,19)4-7)8-5-12(20,21)15(26,27)13(22,23)6-8/h3,5,24-27H,4,6H2,1-2H3. The fraction of sp³-hybridized carbons (Fsp3) is 0.733. The lowest BCUT2D eigenvalue weighted by Gasteiger charge is -2.50. The Bertz CT molecular complexity index is 649. The summed E-state index contributed by atoms with van der Waals surface area (Å²) in [5.41, 5.74) is -0.195. The topological polar surface area (TPSA) is 80.9 Å². The molecule has 0 heterocycles. The van der Waals surface area contributed by atoms with E-state index in [4.69, 9.17) is 92.8 Å². The van der Waals surface area contributed by atoms with Gasteiger partial charge in [0.2, 0.25) is 11.6 Å². The van der Waals surface area contributed by atoms with Crippen molar-refractivity contribution >= 4 is 92.8 Å². The van der Waals surface area contributed by atoms with Crippen LogP contribution in [0.5, 0.6) is 0 Å². The second-order valence-corrected chi connectivity index (χ2v) is 13.1. The van der Waals surface area contributed by atoms with Crippen molar-refractivity contribution in [3.05, 3.63) is 23.3 Å². The van der Waals surface area contributed by atoms with E-state index in [0.29, 0.717) is 11.1 Å². The molecule has 12 heteroatoms. The van der Waals surface area contributed by atoms with Crippen LogP contribution < -0.4 is 0 Å². The molecule has 0 aromatic carbocycles. The van der Waals surface area contributed by atoms with Gasteiger partial charge in [-0.1, -0.05) is 118 Å². The summed E-state index contributed by atoms with van der Waals surface area (Å²) in [5.74, 6) is -5.69. The summed E-state index contributed by atoms with van der Waals surface area (Å²) < 4.78 is -8.79. The van der Waals surface area contributed by atoms with Gasteiger partial charge in [-0.3, -0.25) is 0 Å². The SMILES string of the molecule is CC(C)(C1=CC(Cl)(Cl)C(O)(O)C(Cl)(Cl)C1)C1=CC(Cl)(Cl)C(O)(O)C(Cl)(Cl)C1. The second kappa shape index (κ2) is 6.82. The normalized spacial score (nSPS) is 30.3. The van der Waals surface area contributed by atoms with Crippen LogP contribution >= 0.6 is 92.8 Å². The average molecular weight is 544 g/mol. The number of hydrogen-bond acceptors (Lipinski definition) is 4. The maximum atomic E-state index is 10.2. The van der Waals surface area contributed by atoms with Gasteiger partial charge in [0, 0.05) is 18.3 Å². The van der Waals surface area contributed by atoms with Gasteiger partial charge in [0.25, 0.3) is 0 Å². The van der Waals surface area contributed by atoms with Crippen LogP contribution in [0, 0.1) is 5.41 Å². The molecule has 156 valence electrons. The van der Waals surface area contributed by atoms with Crippen LogP contribution in [-0.4, -0.2) is 49.3 Å². The van der Waals surface area contributed by atoms with Gasteiger partial charge in [0.15, 0.2) is 17.3 Å². The number of halogens is 8. The van der Waals surface area contributed by atoms with E-state index in [2.05, 4.69) is 0 Å². The minimum absolute atomic E-state index is 0.243. The zero-order chi connectivity index (χ0) is 21.5. The van der Waals surface area contributed by atoms with Crippen molar-refractivity contribution < 1.29 is 20.4 Å². The van der Waals surface area contributed by atoms with Crippen LogP contribution in [0.4, 0.5) is 0 Å². The lowest BCUT2D eigenvalue weighted by molar-refractivity contribution is -0.178. The highest BCUT2D eigenvalue weighted by Crippen LogP contribution is 2.60. The number of allylic oxidation sites excluding steroid dienone is 2. The Morgan fingerprint density at radius 1 is 0.667 bits per heavy atom. The Kier molecular flexibility index (Phi) is 6.29. The lowest BCUT2D eigenvalue weighted by atomic mass is 9.68. The molecule has 0 saturated heterocycles. The first kappa shape index (κ1) is 24.9. The fourth-order valence-electron chi connectivity index (χ4n) is 2.96. The molecule has 0 fully saturated rings. The fourth-order valence-corrected chi connectivity index (χ4v) is 5.69. The molecule has 4 N–H and O–H groups in total. The van der Waals surface area contributed by atoms with Crippen LogP contribution in [0.25, 0.3) is 0 Å². The smallest absolute Gasteiger partial charge is 0.235 e. The third kappa shape index (κ3) is 3.75. The number of alkyl halides is 8. The van der Waals surface area contributed by atoms with Crippen LogP contribution in [0.15, 0.2) is 23.3 Å². The number of rotatable bonds is 2. The summed E-state index contributed by atoms with van der Waals surface area (Å²) in [4.78, 5) is 0. The van der Waals surface area contributed by atoms with Crippen LogP contribution in [0.1, 0.15) is 26.7 Å². The largest absolute Gasteiger partial charge is 0.361 e. The molecule has 0 aliphatic heterocycles. The summed E-state index contributed by atoms with van der Waals surface area (Å²) in [6.45, 7) is 3.38. The van der Waals surface area contributed by atoms with E-state index in [1.54, 1.807) is 13.8 Å². The van der Waals surface area contributed by atoms with Gasteiger partial charge in [0.1, 0.15) is 0 Å². The first-order valence-electron chi connectivity index (χ1n) is 7.48. The van der Waals surface area contributed by atoms with Gasteiger partial charge in [-0.15, -0.1) is 0 Å². The van der Waals surface area contributed by atoms with E-state index in [1.807, 2.05) is 0 Å². The van der Waals surface area contributed by atoms with Crippen molar-refractivity contribution in [3.63, 3.8) is 0 Å². The molecular weight excluding hydrogens is 528 g/mol. The Labute approximate surface area is 196 Å². The molecule has 0 aromatic rings. The molecule has 0 bridgehead atoms. The molecule has 0 atom stereocenters. The van der Waals surface area contributed by atoms with Crippen molar-refractivity contribution in [1.82, 2.24) is 0 Å². The van der Waals surface area contributed by atoms with Crippen molar-refractivity contribution in [2.45, 2.75) is 55.6 Å². The Hall–Kier alpha value is 1.64. The van der Waals surface area contributed by atoms with E-state index in [9.17, 15) is 20.4 Å². The van der Waals surface area contributed by atoms with E-state index in [0.717, 1.165) is 0 Å². The molecule has 27 heavy (non-hydrogen) atoms. The third-order valence-electron chi connectivity index (χ3n) is 5.09. The molecule has 0 unspecified atom stereocenters. The molecule has 0 radical (unpaired) electrons. The Morgan fingerprint density at radius 3 is 1.15 bits per heavy atom. The van der Waals surface area contributed by atoms with Gasteiger partial charge in [-0.25, -0.2) is 0 Å². The van der Waals surface area contributed by atoms with Crippen LogP contribution in [0.3, 0.4) is 0 Å². The molecule has 0 amide bonds. The molecule has 2 aliphatic carbocycles. The Morgan fingerprint density at radius 2 is 0.926 bits per heavy atom. The number of aliphatic hydroxyl groups is 4. The average Bonchev–Trinajstić information content (AvgIpc) is 2.41. The molecule has 0 spiro atoms. The summed E-state index contributed by atoms with van der Waals surface area (Å²) >= 11 is 48.6. The molecule has 2 aliphatic rings. The van der Waals surface area contributed by atoms with Gasteiger partial charge in [-0.05, 0) is 12.2 Å². The Balaban J connectivity index is 2.60. The highest BCUT2D eigenvalue weighted by atomic mass is 35.5. The summed E-state index contributed by atoms with van der Waals surface area (Å²) in [6, 6.07) is 0. The monoisotopic (exact) mass is 540 g/mol. The summed E-state index contributed by atoms with van der Waals surface area (Å²) in [6.07, 6.45) is 1.92. The maximum Gasteiger partial charge on any atom is 0.235 e. The van der Waals surface area contributed by atoms with Gasteiger partial charge in [0.05, 0.1) is 0 Å². The highest BCUT2D eigenvalue weighted by Gasteiger charge is 2.66. The van der Waals surface area contributed by atoms with Crippen molar-refractivity contribution in [2.24, 2.45) is 5.41 Å². The van der Waals surface area contributed by atoms with Gasteiger partial charge < -0.3 is 20.4 Å². The first-order valence-corrected chi connectivity index (χ1v) is 10.5. The van der Waals surface area contributed by atoms with Crippen LogP contribution in [-0.2, 0) is 0 Å². The van der Waals surface area contributed by atoms with Gasteiger partial charge in [-0.2, -0.15) is 0 Å². The first-order chi connectivity index (χ1) is 11.6. The maximum absolute atomic E-state index is 10.2. The minimum Gasteiger partial charge on any atom is -0.361 e. The van der Waals surface area contributed by atoms with Crippen molar-refractivity contribution in [2.75, 3.05) is 0 Å². The third-order valence-corrected chi connectivity index (χ3v) is 8.17. The molecule has 2 rings (SSSR count). The van der Waals surface area contributed by atoms with Crippen molar-refractivity contribution in [3.8, 4) is 0 Å². The zero-order valence-electron chi connectivity index (χ0n) is 13.9. The molecule has 4 nitrogen and oxygen atoms in total. The summed E-state index contributed by atoms with van der Waals surface area (Å²) in [7, 11) is 0. The van der Waals surface area contributed by atoms with Crippen LogP contribution in [0.2, 0.25) is 0 Å². The van der Waals surface area contributed by atoms with Gasteiger partial charge >= 0.3 is 0 Å². The van der Waals surface area contributed by atoms with E-state index in [1.165, 1.54) is 12.2 Å². The molecule has 0 aromatic heterocycles. The van der Waals surface area contributed by atoms with E-state index < -0.39 is 34.3 Å². The predicted molar refractivity (Wildman–Crippen MR) is 111 cm³/mol. The quantitative estimate of drug-likeness (QED) is 0.231. The predicted octanol–water partition coefficient (Wildman–Crippen LogP) is 4.73. The molecular formula is C15H16Cl8O4. The second-order valence-electron chi connectivity index (χ2n) is 7.32.